The lowest BCUT2D eigenvalue weighted by molar-refractivity contribution is -0.133. The van der Waals surface area contributed by atoms with Crippen molar-refractivity contribution in [3.8, 4) is 0 Å². The number of rotatable bonds is 4. The predicted molar refractivity (Wildman–Crippen MR) is 91.8 cm³/mol. The second-order valence-electron chi connectivity index (χ2n) is 4.60. The number of carboxylic acid groups (broad SMARTS) is 1. The number of halogens is 1. The fraction of sp³-hybridized carbons (Fsp3) is 0.385. The van der Waals surface area contributed by atoms with E-state index in [1.807, 2.05) is 11.8 Å². The van der Waals surface area contributed by atoms with Crippen molar-refractivity contribution >= 4 is 63.1 Å². The second-order valence-corrected chi connectivity index (χ2v) is 7.94. The fourth-order valence-electron chi connectivity index (χ4n) is 2.36. The Hall–Kier alpha value is -0.410. The van der Waals surface area contributed by atoms with Gasteiger partial charge >= 0.3 is 5.97 Å². The van der Waals surface area contributed by atoms with Crippen molar-refractivity contribution in [2.24, 2.45) is 0 Å². The van der Waals surface area contributed by atoms with Crippen molar-refractivity contribution < 1.29 is 9.90 Å². The summed E-state index contributed by atoms with van der Waals surface area (Å²) in [4.78, 5) is 15.4. The van der Waals surface area contributed by atoms with Gasteiger partial charge in [-0.3, -0.25) is 4.79 Å². The summed E-state index contributed by atoms with van der Waals surface area (Å²) in [7, 11) is 0. The van der Waals surface area contributed by atoms with E-state index < -0.39 is 5.97 Å². The Morgan fingerprint density at radius 1 is 1.60 bits per heavy atom. The molecule has 1 aliphatic rings. The Kier molecular flexibility index (Phi) is 4.46. The van der Waals surface area contributed by atoms with Crippen LogP contribution in [0.25, 0.3) is 11.0 Å². The maximum Gasteiger partial charge on any atom is 0.313 e. The van der Waals surface area contributed by atoms with Crippen LogP contribution in [0.1, 0.15) is 12.5 Å². The van der Waals surface area contributed by atoms with Gasteiger partial charge in [0.15, 0.2) is 5.16 Å². The lowest BCUT2D eigenvalue weighted by atomic mass is 10.2. The number of hydrogen-bond acceptors (Lipinski definition) is 4. The van der Waals surface area contributed by atoms with Gasteiger partial charge in [-0.2, -0.15) is 11.8 Å². The lowest BCUT2D eigenvalue weighted by Crippen LogP contribution is -2.10. The molecule has 0 amide bonds. The van der Waals surface area contributed by atoms with E-state index in [-0.39, 0.29) is 5.75 Å². The molecule has 1 fully saturated rings. The first-order valence-electron chi connectivity index (χ1n) is 6.25. The first-order valence-corrected chi connectivity index (χ1v) is 9.47. The number of benzene rings is 1. The molecule has 1 saturated heterocycles. The van der Waals surface area contributed by atoms with Crippen molar-refractivity contribution in [1.82, 2.24) is 9.55 Å². The van der Waals surface area contributed by atoms with Crippen LogP contribution >= 0.6 is 46.1 Å². The summed E-state index contributed by atoms with van der Waals surface area (Å²) in [5.41, 5.74) is 2.08. The Balaban J connectivity index is 2.05. The van der Waals surface area contributed by atoms with Gasteiger partial charge in [0.1, 0.15) is 0 Å². The molecule has 1 unspecified atom stereocenters. The van der Waals surface area contributed by atoms with E-state index in [4.69, 9.17) is 5.11 Å². The van der Waals surface area contributed by atoms with Gasteiger partial charge in [-0.1, -0.05) is 11.8 Å². The first kappa shape index (κ1) is 14.5. The van der Waals surface area contributed by atoms with E-state index >= 15 is 0 Å². The van der Waals surface area contributed by atoms with Crippen LogP contribution in [-0.4, -0.2) is 37.9 Å². The largest absolute Gasteiger partial charge is 0.481 e. The maximum absolute atomic E-state index is 10.8. The summed E-state index contributed by atoms with van der Waals surface area (Å²) in [6.07, 6.45) is 1.13. The van der Waals surface area contributed by atoms with Gasteiger partial charge in [0.05, 0.1) is 16.8 Å². The first-order chi connectivity index (χ1) is 9.65. The molecular weight excluding hydrogens is 407 g/mol. The topological polar surface area (TPSA) is 55.1 Å². The number of carbonyl (C=O) groups is 1. The molecule has 1 aromatic carbocycles. The Bertz CT molecular complexity index is 653. The average Bonchev–Trinajstić information content (AvgIpc) is 3.01. The van der Waals surface area contributed by atoms with E-state index in [9.17, 15) is 4.79 Å². The highest BCUT2D eigenvalue weighted by molar-refractivity contribution is 14.1. The molecule has 0 spiro atoms. The zero-order valence-corrected chi connectivity index (χ0v) is 14.4. The van der Waals surface area contributed by atoms with Crippen LogP contribution in [0.2, 0.25) is 0 Å². The van der Waals surface area contributed by atoms with Gasteiger partial charge in [0, 0.05) is 15.4 Å². The molecule has 7 heteroatoms. The van der Waals surface area contributed by atoms with E-state index in [2.05, 4.69) is 50.3 Å². The third-order valence-corrected chi connectivity index (χ3v) is 5.97. The predicted octanol–water partition coefficient (Wildman–Crippen LogP) is 3.50. The second kappa shape index (κ2) is 6.15. The minimum atomic E-state index is -0.802. The molecular formula is C13H13IN2O2S2. The molecule has 3 rings (SSSR count). The third-order valence-electron chi connectivity index (χ3n) is 3.21. The van der Waals surface area contributed by atoms with E-state index in [1.54, 1.807) is 0 Å². The van der Waals surface area contributed by atoms with Crippen molar-refractivity contribution in [3.63, 3.8) is 0 Å². The molecule has 2 heterocycles. The highest BCUT2D eigenvalue weighted by atomic mass is 127. The van der Waals surface area contributed by atoms with Crippen molar-refractivity contribution in [2.45, 2.75) is 17.6 Å². The van der Waals surface area contributed by atoms with Gasteiger partial charge in [-0.25, -0.2) is 4.98 Å². The maximum atomic E-state index is 10.8. The summed E-state index contributed by atoms with van der Waals surface area (Å²) in [5, 5.41) is 9.72. The number of aromatic nitrogens is 2. The Morgan fingerprint density at radius 2 is 2.45 bits per heavy atom. The van der Waals surface area contributed by atoms with Crippen LogP contribution < -0.4 is 0 Å². The Labute approximate surface area is 138 Å². The normalized spacial score (nSPS) is 18.8. The van der Waals surface area contributed by atoms with E-state index in [0.29, 0.717) is 6.04 Å². The van der Waals surface area contributed by atoms with Gasteiger partial charge < -0.3 is 9.67 Å². The summed E-state index contributed by atoms with van der Waals surface area (Å²) >= 11 is 5.54. The fourth-order valence-corrected chi connectivity index (χ4v) is 4.83. The molecule has 2 aromatic rings. The molecule has 106 valence electrons. The summed E-state index contributed by atoms with van der Waals surface area (Å²) in [6.45, 7) is 0. The number of carboxylic acids is 1. The van der Waals surface area contributed by atoms with Crippen molar-refractivity contribution in [3.05, 3.63) is 21.8 Å². The van der Waals surface area contributed by atoms with Crippen LogP contribution in [0.3, 0.4) is 0 Å². The summed E-state index contributed by atoms with van der Waals surface area (Å²) < 4.78 is 3.38. The quantitative estimate of drug-likeness (QED) is 0.606. The summed E-state index contributed by atoms with van der Waals surface area (Å²) in [5.74, 6) is 1.50. The van der Waals surface area contributed by atoms with Gasteiger partial charge in [-0.15, -0.1) is 0 Å². The SMILES string of the molecule is O=C(O)CSc1nc2cc(I)ccc2n1C1CCSC1. The molecule has 1 aliphatic heterocycles. The van der Waals surface area contributed by atoms with E-state index in [0.717, 1.165) is 37.7 Å². The van der Waals surface area contributed by atoms with Gasteiger partial charge in [0.25, 0.3) is 0 Å². The minimum Gasteiger partial charge on any atom is -0.481 e. The number of imidazole rings is 1. The number of nitrogens with zero attached hydrogens (tertiary/aromatic N) is 2. The molecule has 1 atom stereocenters. The molecule has 0 radical (unpaired) electrons. The molecule has 0 saturated carbocycles. The third kappa shape index (κ3) is 2.94. The molecule has 20 heavy (non-hydrogen) atoms. The molecule has 4 nitrogen and oxygen atoms in total. The monoisotopic (exact) mass is 420 g/mol. The zero-order chi connectivity index (χ0) is 14.1. The van der Waals surface area contributed by atoms with Crippen LogP contribution in [0, 0.1) is 3.57 Å². The zero-order valence-electron chi connectivity index (χ0n) is 10.6. The van der Waals surface area contributed by atoms with Crippen LogP contribution in [-0.2, 0) is 4.79 Å². The molecule has 0 bridgehead atoms. The van der Waals surface area contributed by atoms with Crippen LogP contribution in [0.5, 0.6) is 0 Å². The number of thioether (sulfide) groups is 2. The van der Waals surface area contributed by atoms with Crippen molar-refractivity contribution in [2.75, 3.05) is 17.3 Å². The molecule has 1 aromatic heterocycles. The minimum absolute atomic E-state index is 0.0558. The van der Waals surface area contributed by atoms with Gasteiger partial charge in [-0.05, 0) is 53.0 Å². The number of aliphatic carboxylic acids is 1. The molecule has 0 aliphatic carbocycles. The highest BCUT2D eigenvalue weighted by Gasteiger charge is 2.23. The molecule has 1 N–H and O–H groups in total. The van der Waals surface area contributed by atoms with Crippen LogP contribution in [0.4, 0.5) is 0 Å². The van der Waals surface area contributed by atoms with Crippen molar-refractivity contribution in [1.29, 1.82) is 0 Å². The standard InChI is InChI=1S/C13H13IN2O2S2/c14-8-1-2-11-10(5-8)15-13(20-7-12(17)18)16(11)9-3-4-19-6-9/h1-2,5,9H,3-4,6-7H2,(H,17,18). The van der Waals surface area contributed by atoms with E-state index in [1.165, 1.54) is 11.8 Å². The number of hydrogen-bond donors (Lipinski definition) is 1. The number of fused-ring (bicyclic) bond motifs is 1. The smallest absolute Gasteiger partial charge is 0.313 e. The van der Waals surface area contributed by atoms with Crippen LogP contribution in [0.15, 0.2) is 23.4 Å². The van der Waals surface area contributed by atoms with Gasteiger partial charge in [0.2, 0.25) is 0 Å². The Morgan fingerprint density at radius 3 is 3.15 bits per heavy atom. The lowest BCUT2D eigenvalue weighted by Gasteiger charge is -2.14. The highest BCUT2D eigenvalue weighted by Crippen LogP contribution is 2.35. The summed E-state index contributed by atoms with van der Waals surface area (Å²) in [6, 6.07) is 6.66. The average molecular weight is 420 g/mol.